The third-order valence-electron chi connectivity index (χ3n) is 4.04. The van der Waals surface area contributed by atoms with Gasteiger partial charge in [-0.05, 0) is 42.8 Å². The van der Waals surface area contributed by atoms with E-state index in [0.29, 0.717) is 28.7 Å². The van der Waals surface area contributed by atoms with Crippen LogP contribution in [0.5, 0.6) is 0 Å². The lowest BCUT2D eigenvalue weighted by Crippen LogP contribution is -2.13. The lowest BCUT2D eigenvalue weighted by molar-refractivity contribution is 0.100. The molecule has 1 aromatic heterocycles. The van der Waals surface area contributed by atoms with Crippen LogP contribution in [0.25, 0.3) is 0 Å². The maximum Gasteiger partial charge on any atom is 0.277 e. The SMILES string of the molecule is CCCCOC1=C/C(=N/C(=O)c2cccc(Cl)c2)C=CC1c1cccnn1. The van der Waals surface area contributed by atoms with Crippen LogP contribution in [0.2, 0.25) is 5.02 Å². The fourth-order valence-corrected chi connectivity index (χ4v) is 2.83. The number of hydrogen-bond acceptors (Lipinski definition) is 4. The second-order valence-corrected chi connectivity index (χ2v) is 6.52. The fourth-order valence-electron chi connectivity index (χ4n) is 2.64. The summed E-state index contributed by atoms with van der Waals surface area (Å²) in [6.45, 7) is 2.71. The van der Waals surface area contributed by atoms with Gasteiger partial charge in [-0.15, -0.1) is 0 Å². The van der Waals surface area contributed by atoms with Crippen molar-refractivity contribution in [2.24, 2.45) is 4.99 Å². The monoisotopic (exact) mass is 381 g/mol. The summed E-state index contributed by atoms with van der Waals surface area (Å²) in [7, 11) is 0. The molecule has 3 rings (SSSR count). The lowest BCUT2D eigenvalue weighted by atomic mass is 9.96. The zero-order valence-corrected chi connectivity index (χ0v) is 15.8. The van der Waals surface area contributed by atoms with Gasteiger partial charge < -0.3 is 4.74 Å². The maximum atomic E-state index is 12.4. The Bertz CT molecular complexity index is 891. The van der Waals surface area contributed by atoms with Crippen LogP contribution >= 0.6 is 11.6 Å². The summed E-state index contributed by atoms with van der Waals surface area (Å²) in [5.74, 6) is 0.221. The topological polar surface area (TPSA) is 64.4 Å². The number of aromatic nitrogens is 2. The Kier molecular flexibility index (Phi) is 6.49. The van der Waals surface area contributed by atoms with E-state index in [-0.39, 0.29) is 11.8 Å². The van der Waals surface area contributed by atoms with Crippen LogP contribution in [0.1, 0.15) is 41.7 Å². The molecule has 1 aliphatic rings. The number of halogens is 1. The third kappa shape index (κ3) is 5.11. The van der Waals surface area contributed by atoms with Crippen molar-refractivity contribution < 1.29 is 9.53 Å². The van der Waals surface area contributed by atoms with E-state index in [9.17, 15) is 4.79 Å². The van der Waals surface area contributed by atoms with Crippen molar-refractivity contribution in [2.45, 2.75) is 25.7 Å². The van der Waals surface area contributed by atoms with E-state index in [1.807, 2.05) is 18.2 Å². The average Bonchev–Trinajstić information content (AvgIpc) is 2.69. The highest BCUT2D eigenvalue weighted by Crippen LogP contribution is 2.28. The second kappa shape index (κ2) is 9.24. The molecular weight excluding hydrogens is 362 g/mol. The van der Waals surface area contributed by atoms with E-state index in [0.717, 1.165) is 18.5 Å². The normalized spacial score (nSPS) is 17.6. The smallest absolute Gasteiger partial charge is 0.277 e. The van der Waals surface area contributed by atoms with Gasteiger partial charge in [0.1, 0.15) is 5.76 Å². The number of benzene rings is 1. The van der Waals surface area contributed by atoms with Crippen LogP contribution in [0.15, 0.2) is 71.6 Å². The van der Waals surface area contributed by atoms with Gasteiger partial charge in [0, 0.05) is 22.9 Å². The maximum absolute atomic E-state index is 12.4. The van der Waals surface area contributed by atoms with Crippen molar-refractivity contribution in [3.63, 3.8) is 0 Å². The number of rotatable bonds is 6. The highest BCUT2D eigenvalue weighted by Gasteiger charge is 2.21. The molecule has 1 amide bonds. The largest absolute Gasteiger partial charge is 0.497 e. The zero-order chi connectivity index (χ0) is 19.1. The van der Waals surface area contributed by atoms with Gasteiger partial charge in [-0.3, -0.25) is 4.79 Å². The molecule has 1 aliphatic carbocycles. The Morgan fingerprint density at radius 2 is 2.19 bits per heavy atom. The summed E-state index contributed by atoms with van der Waals surface area (Å²) in [4.78, 5) is 16.6. The summed E-state index contributed by atoms with van der Waals surface area (Å²) < 4.78 is 5.96. The molecule has 0 bridgehead atoms. The molecule has 6 heteroatoms. The van der Waals surface area contributed by atoms with Crippen LogP contribution < -0.4 is 0 Å². The van der Waals surface area contributed by atoms with Crippen molar-refractivity contribution in [1.29, 1.82) is 0 Å². The van der Waals surface area contributed by atoms with E-state index < -0.39 is 0 Å². The number of carbonyl (C=O) groups excluding carboxylic acids is 1. The number of unbranched alkanes of at least 4 members (excludes halogenated alkanes) is 1. The number of nitrogens with zero attached hydrogens (tertiary/aromatic N) is 3. The summed E-state index contributed by atoms with van der Waals surface area (Å²) in [5, 5.41) is 8.63. The van der Waals surface area contributed by atoms with E-state index in [1.54, 1.807) is 42.6 Å². The Hall–Kier alpha value is -2.79. The minimum absolute atomic E-state index is 0.143. The molecule has 0 saturated carbocycles. The van der Waals surface area contributed by atoms with E-state index in [2.05, 4.69) is 22.1 Å². The minimum Gasteiger partial charge on any atom is -0.497 e. The first-order valence-corrected chi connectivity index (χ1v) is 9.24. The summed E-state index contributed by atoms with van der Waals surface area (Å²) in [5.41, 5.74) is 1.77. The standard InChI is InChI=1S/C21H20ClN3O2/c1-2-3-12-27-20-14-17(9-10-18(20)19-8-5-11-23-25-19)24-21(26)15-6-4-7-16(22)13-15/h4-11,13-14,18H,2-3,12H2,1H3/b24-17+. The zero-order valence-electron chi connectivity index (χ0n) is 15.0. The molecule has 0 fully saturated rings. The third-order valence-corrected chi connectivity index (χ3v) is 4.27. The Balaban J connectivity index is 1.85. The Morgan fingerprint density at radius 3 is 2.93 bits per heavy atom. The number of ether oxygens (including phenoxy) is 1. The van der Waals surface area contributed by atoms with E-state index in [1.165, 1.54) is 0 Å². The highest BCUT2D eigenvalue weighted by molar-refractivity contribution is 6.31. The predicted molar refractivity (Wildman–Crippen MR) is 106 cm³/mol. The summed E-state index contributed by atoms with van der Waals surface area (Å²) >= 11 is 5.95. The molecule has 0 saturated heterocycles. The molecule has 2 aromatic rings. The molecule has 5 nitrogen and oxygen atoms in total. The first-order valence-electron chi connectivity index (χ1n) is 8.86. The molecule has 1 atom stereocenters. The molecular formula is C21H20ClN3O2. The van der Waals surface area contributed by atoms with Gasteiger partial charge in [0.05, 0.1) is 23.9 Å². The lowest BCUT2D eigenvalue weighted by Gasteiger charge is -2.20. The average molecular weight is 382 g/mol. The van der Waals surface area contributed by atoms with Gasteiger partial charge in [-0.25, -0.2) is 4.99 Å². The van der Waals surface area contributed by atoms with Crippen molar-refractivity contribution in [3.8, 4) is 0 Å². The molecule has 138 valence electrons. The number of allylic oxidation sites excluding steroid dienone is 3. The molecule has 1 aromatic carbocycles. The molecule has 0 spiro atoms. The van der Waals surface area contributed by atoms with Gasteiger partial charge in [-0.2, -0.15) is 10.2 Å². The molecule has 1 unspecified atom stereocenters. The summed E-state index contributed by atoms with van der Waals surface area (Å²) in [6, 6.07) is 10.5. The number of hydrogen-bond donors (Lipinski definition) is 0. The molecule has 0 radical (unpaired) electrons. The van der Waals surface area contributed by atoms with E-state index in [4.69, 9.17) is 16.3 Å². The first kappa shape index (κ1) is 19.0. The molecule has 0 aliphatic heterocycles. The van der Waals surface area contributed by atoms with E-state index >= 15 is 0 Å². The quantitative estimate of drug-likeness (QED) is 0.676. The van der Waals surface area contributed by atoms with Crippen molar-refractivity contribution in [2.75, 3.05) is 6.61 Å². The Labute approximate surface area is 163 Å². The van der Waals surface area contributed by atoms with Crippen molar-refractivity contribution in [1.82, 2.24) is 10.2 Å². The van der Waals surface area contributed by atoms with Crippen molar-refractivity contribution in [3.05, 3.63) is 82.9 Å². The Morgan fingerprint density at radius 1 is 1.30 bits per heavy atom. The first-order chi connectivity index (χ1) is 13.2. The number of aliphatic imine (C=N–C) groups is 1. The van der Waals surface area contributed by atoms with Crippen LogP contribution in [0.3, 0.4) is 0 Å². The van der Waals surface area contributed by atoms with Gasteiger partial charge in [0.2, 0.25) is 0 Å². The highest BCUT2D eigenvalue weighted by atomic mass is 35.5. The number of carbonyl (C=O) groups is 1. The van der Waals surface area contributed by atoms with Crippen LogP contribution in [0.4, 0.5) is 0 Å². The van der Waals surface area contributed by atoms with Gasteiger partial charge in [-0.1, -0.05) is 37.1 Å². The predicted octanol–water partition coefficient (Wildman–Crippen LogP) is 4.77. The number of amides is 1. The minimum atomic E-state index is -0.348. The van der Waals surface area contributed by atoms with Gasteiger partial charge >= 0.3 is 0 Å². The fraction of sp³-hybridized carbons (Fsp3) is 0.238. The van der Waals surface area contributed by atoms with Crippen LogP contribution in [-0.4, -0.2) is 28.4 Å². The summed E-state index contributed by atoms with van der Waals surface area (Å²) in [6.07, 6.45) is 9.13. The molecule has 1 heterocycles. The van der Waals surface area contributed by atoms with Crippen LogP contribution in [-0.2, 0) is 4.74 Å². The second-order valence-electron chi connectivity index (χ2n) is 6.09. The molecule has 27 heavy (non-hydrogen) atoms. The van der Waals surface area contributed by atoms with Crippen molar-refractivity contribution >= 4 is 23.2 Å². The van der Waals surface area contributed by atoms with Crippen LogP contribution in [0, 0.1) is 0 Å². The molecule has 0 N–H and O–H groups in total. The van der Waals surface area contributed by atoms with Gasteiger partial charge in [0.15, 0.2) is 0 Å². The van der Waals surface area contributed by atoms with Gasteiger partial charge in [0.25, 0.3) is 5.91 Å².